The van der Waals surface area contributed by atoms with Gasteiger partial charge >= 0.3 is 0 Å². The molecule has 0 spiro atoms. The highest BCUT2D eigenvalue weighted by molar-refractivity contribution is 5.65. The molecule has 0 amide bonds. The molecule has 2 aromatic carbocycles. The lowest BCUT2D eigenvalue weighted by molar-refractivity contribution is 0.415. The summed E-state index contributed by atoms with van der Waals surface area (Å²) in [5, 5.41) is 11.1. The molecule has 33 heavy (non-hydrogen) atoms. The van der Waals surface area contributed by atoms with Crippen LogP contribution < -0.4 is 10.1 Å². The lowest BCUT2D eigenvalue weighted by Crippen LogP contribution is -2.22. The topological polar surface area (TPSA) is 76.0 Å². The van der Waals surface area contributed by atoms with Gasteiger partial charge in [0.25, 0.3) is 0 Å². The van der Waals surface area contributed by atoms with Crippen molar-refractivity contribution >= 4 is 0 Å². The number of nitrogens with zero attached hydrogens (tertiary/aromatic N) is 2. The summed E-state index contributed by atoms with van der Waals surface area (Å²) in [7, 11) is 1.68. The van der Waals surface area contributed by atoms with Gasteiger partial charge < -0.3 is 14.5 Å². The summed E-state index contributed by atoms with van der Waals surface area (Å²) in [5.41, 5.74) is 6.25. The average molecular weight is 437 g/mol. The van der Waals surface area contributed by atoms with Gasteiger partial charge in [0, 0.05) is 18.3 Å². The molecule has 164 valence electrons. The molecule has 5 rings (SSSR count). The molecule has 1 unspecified atom stereocenters. The second kappa shape index (κ2) is 9.54. The van der Waals surface area contributed by atoms with Crippen molar-refractivity contribution in [3.8, 4) is 28.3 Å². The molecule has 0 aliphatic rings. The van der Waals surface area contributed by atoms with Crippen LogP contribution in [0.2, 0.25) is 0 Å². The number of furan rings is 1. The zero-order valence-electron chi connectivity index (χ0n) is 18.2. The Hall–Kier alpha value is -4.16. The summed E-state index contributed by atoms with van der Waals surface area (Å²) in [5.74, 6) is 1.60. The van der Waals surface area contributed by atoms with Crippen LogP contribution in [-0.2, 0) is 6.54 Å². The van der Waals surface area contributed by atoms with Gasteiger partial charge in [0.05, 0.1) is 31.3 Å². The summed E-state index contributed by atoms with van der Waals surface area (Å²) < 4.78 is 10.9. The van der Waals surface area contributed by atoms with Crippen molar-refractivity contribution in [2.24, 2.45) is 0 Å². The zero-order chi connectivity index (χ0) is 22.5. The van der Waals surface area contributed by atoms with E-state index in [0.717, 1.165) is 45.2 Å². The average Bonchev–Trinajstić information content (AvgIpc) is 3.58. The van der Waals surface area contributed by atoms with Crippen molar-refractivity contribution in [2.45, 2.75) is 12.6 Å². The van der Waals surface area contributed by atoms with Gasteiger partial charge in [0.2, 0.25) is 0 Å². The molecular weight excluding hydrogens is 412 g/mol. The minimum Gasteiger partial charge on any atom is -0.497 e. The fraction of sp³-hybridized carbons (Fsp3) is 0.111. The van der Waals surface area contributed by atoms with E-state index in [1.807, 2.05) is 54.9 Å². The van der Waals surface area contributed by atoms with Crippen molar-refractivity contribution in [1.29, 1.82) is 0 Å². The first-order chi connectivity index (χ1) is 16.3. The fourth-order valence-electron chi connectivity index (χ4n) is 3.90. The monoisotopic (exact) mass is 436 g/mol. The number of ether oxygens (including phenoxy) is 1. The van der Waals surface area contributed by atoms with Crippen molar-refractivity contribution in [3.63, 3.8) is 0 Å². The van der Waals surface area contributed by atoms with Gasteiger partial charge in [-0.05, 0) is 53.1 Å². The Balaban J connectivity index is 1.47. The van der Waals surface area contributed by atoms with Crippen molar-refractivity contribution in [2.75, 3.05) is 7.11 Å². The van der Waals surface area contributed by atoms with Crippen LogP contribution in [0, 0.1) is 0 Å². The van der Waals surface area contributed by atoms with Crippen molar-refractivity contribution in [3.05, 3.63) is 114 Å². The Morgan fingerprint density at radius 2 is 1.73 bits per heavy atom. The summed E-state index contributed by atoms with van der Waals surface area (Å²) in [6.45, 7) is 0.620. The lowest BCUT2D eigenvalue weighted by Gasteiger charge is -2.20. The van der Waals surface area contributed by atoms with Crippen LogP contribution in [0.1, 0.15) is 22.9 Å². The minimum absolute atomic E-state index is 0.101. The highest BCUT2D eigenvalue weighted by atomic mass is 16.5. The number of nitrogens with one attached hydrogen (secondary N) is 2. The van der Waals surface area contributed by atoms with Crippen LogP contribution in [0.25, 0.3) is 22.6 Å². The third kappa shape index (κ3) is 4.56. The fourth-order valence-corrected chi connectivity index (χ4v) is 3.90. The maximum absolute atomic E-state index is 5.64. The van der Waals surface area contributed by atoms with E-state index in [0.29, 0.717) is 6.54 Å². The predicted molar refractivity (Wildman–Crippen MR) is 128 cm³/mol. The Morgan fingerprint density at radius 1 is 0.939 bits per heavy atom. The van der Waals surface area contributed by atoms with Crippen LogP contribution in [0.3, 0.4) is 0 Å². The Labute approximate surface area is 192 Å². The number of H-pyrrole nitrogens is 1. The number of pyridine rings is 1. The van der Waals surface area contributed by atoms with Crippen LogP contribution in [-0.4, -0.2) is 22.3 Å². The summed E-state index contributed by atoms with van der Waals surface area (Å²) in [6.07, 6.45) is 5.33. The van der Waals surface area contributed by atoms with E-state index < -0.39 is 0 Å². The molecule has 0 saturated heterocycles. The smallest absolute Gasteiger partial charge is 0.151 e. The molecule has 2 N–H and O–H groups in total. The van der Waals surface area contributed by atoms with Gasteiger partial charge in [0.1, 0.15) is 11.4 Å². The molecule has 0 aliphatic heterocycles. The molecule has 0 aliphatic carbocycles. The SMILES string of the molecule is COc1ccc(-c2ccc(C(NCc3ccccn3)c3cn[nH]c3-c3ccco3)cc2)cc1. The molecule has 0 radical (unpaired) electrons. The molecular formula is C27H24N4O2. The maximum Gasteiger partial charge on any atom is 0.151 e. The summed E-state index contributed by atoms with van der Waals surface area (Å²) in [4.78, 5) is 4.45. The molecule has 3 heterocycles. The van der Waals surface area contributed by atoms with Gasteiger partial charge in [-0.1, -0.05) is 42.5 Å². The maximum atomic E-state index is 5.64. The predicted octanol–water partition coefficient (Wildman–Crippen LogP) is 5.62. The Morgan fingerprint density at radius 3 is 2.39 bits per heavy atom. The quantitative estimate of drug-likeness (QED) is 0.330. The Kier molecular flexibility index (Phi) is 5.99. The summed E-state index contributed by atoms with van der Waals surface area (Å²) >= 11 is 0. The number of rotatable bonds is 8. The number of aromatic amines is 1. The van der Waals surface area contributed by atoms with E-state index in [9.17, 15) is 0 Å². The normalized spacial score (nSPS) is 11.9. The third-order valence-electron chi connectivity index (χ3n) is 5.63. The van der Waals surface area contributed by atoms with Gasteiger partial charge in [0.15, 0.2) is 5.76 Å². The van der Waals surface area contributed by atoms with Crippen LogP contribution >= 0.6 is 0 Å². The van der Waals surface area contributed by atoms with Crippen LogP contribution in [0.5, 0.6) is 5.75 Å². The van der Waals surface area contributed by atoms with E-state index in [1.54, 1.807) is 13.4 Å². The molecule has 5 aromatic rings. The van der Waals surface area contributed by atoms with E-state index in [1.165, 1.54) is 0 Å². The Bertz CT molecular complexity index is 1280. The number of hydrogen-bond acceptors (Lipinski definition) is 5. The second-order valence-electron chi connectivity index (χ2n) is 7.66. The van der Waals surface area contributed by atoms with E-state index in [4.69, 9.17) is 9.15 Å². The molecule has 3 aromatic heterocycles. The first-order valence-corrected chi connectivity index (χ1v) is 10.8. The largest absolute Gasteiger partial charge is 0.497 e. The van der Waals surface area contributed by atoms with Gasteiger partial charge in [-0.25, -0.2) is 0 Å². The number of hydrogen-bond donors (Lipinski definition) is 2. The van der Waals surface area contributed by atoms with E-state index in [-0.39, 0.29) is 6.04 Å². The molecule has 0 bridgehead atoms. The first kappa shape index (κ1) is 20.7. The third-order valence-corrected chi connectivity index (χ3v) is 5.63. The molecule has 0 fully saturated rings. The van der Waals surface area contributed by atoms with Gasteiger partial charge in [-0.3, -0.25) is 10.1 Å². The summed E-state index contributed by atoms with van der Waals surface area (Å²) in [6, 6.07) is 26.3. The molecule has 6 nitrogen and oxygen atoms in total. The highest BCUT2D eigenvalue weighted by Gasteiger charge is 2.21. The molecule has 1 atom stereocenters. The van der Waals surface area contributed by atoms with Crippen LogP contribution in [0.4, 0.5) is 0 Å². The highest BCUT2D eigenvalue weighted by Crippen LogP contribution is 2.32. The van der Waals surface area contributed by atoms with E-state index >= 15 is 0 Å². The molecule has 6 heteroatoms. The van der Waals surface area contributed by atoms with Crippen LogP contribution in [0.15, 0.2) is 102 Å². The number of aromatic nitrogens is 3. The second-order valence-corrected chi connectivity index (χ2v) is 7.66. The number of methoxy groups -OCH3 is 1. The van der Waals surface area contributed by atoms with Gasteiger partial charge in [-0.2, -0.15) is 5.10 Å². The van der Waals surface area contributed by atoms with Gasteiger partial charge in [-0.15, -0.1) is 0 Å². The minimum atomic E-state index is -0.101. The lowest BCUT2D eigenvalue weighted by atomic mass is 9.95. The standard InChI is InChI=1S/C27H24N4O2/c1-32-23-13-11-20(12-14-23)19-7-9-21(10-8-19)26(29-17-22-5-2-3-15-28-22)24-18-30-31-27(24)25-6-4-16-33-25/h2-16,18,26,29H,17H2,1H3,(H,30,31). The zero-order valence-corrected chi connectivity index (χ0v) is 18.2. The van der Waals surface area contributed by atoms with Crippen molar-refractivity contribution in [1.82, 2.24) is 20.5 Å². The van der Waals surface area contributed by atoms with Crippen molar-refractivity contribution < 1.29 is 9.15 Å². The van der Waals surface area contributed by atoms with E-state index in [2.05, 4.69) is 56.9 Å². The number of benzene rings is 2. The molecule has 0 saturated carbocycles. The first-order valence-electron chi connectivity index (χ1n) is 10.8.